The average Bonchev–Trinajstić information content (AvgIpc) is 2.77. The fraction of sp³-hybridized carbons (Fsp3) is 0.591. The molecular formula is C22H29BrClFN4O5. The molecule has 0 aliphatic carbocycles. The molecule has 1 fully saturated rings. The van der Waals surface area contributed by atoms with E-state index in [9.17, 15) is 4.79 Å². The van der Waals surface area contributed by atoms with Crippen molar-refractivity contribution in [2.24, 2.45) is 0 Å². The van der Waals surface area contributed by atoms with Crippen molar-refractivity contribution in [3.05, 3.63) is 21.4 Å². The molecular weight excluding hydrogens is 535 g/mol. The number of anilines is 1. The number of amides is 1. The number of carbonyl (C=O) groups is 1. The van der Waals surface area contributed by atoms with Crippen LogP contribution in [0, 0.1) is 5.82 Å². The molecule has 2 heterocycles. The summed E-state index contributed by atoms with van der Waals surface area (Å²) in [6.07, 6.45) is -1.61. The van der Waals surface area contributed by atoms with Gasteiger partial charge in [0, 0.05) is 45.8 Å². The second kappa shape index (κ2) is 10.8. The minimum absolute atomic E-state index is 0.0307. The first kappa shape index (κ1) is 26.7. The molecule has 9 nitrogen and oxygen atoms in total. The normalized spacial score (nSPS) is 15.7. The lowest BCUT2D eigenvalue weighted by Gasteiger charge is -2.36. The highest BCUT2D eigenvalue weighted by Gasteiger charge is 2.29. The summed E-state index contributed by atoms with van der Waals surface area (Å²) >= 11 is 9.41. The maximum atomic E-state index is 15.1. The second-order valence-corrected chi connectivity index (χ2v) is 10.0. The van der Waals surface area contributed by atoms with Crippen LogP contribution in [0.25, 0.3) is 10.9 Å². The van der Waals surface area contributed by atoms with E-state index in [-0.39, 0.29) is 27.1 Å². The van der Waals surface area contributed by atoms with Gasteiger partial charge in [0.25, 0.3) is 0 Å². The summed E-state index contributed by atoms with van der Waals surface area (Å²) in [5, 5.41) is 0.634. The number of halogens is 3. The Morgan fingerprint density at radius 2 is 1.79 bits per heavy atom. The van der Waals surface area contributed by atoms with Crippen LogP contribution in [-0.4, -0.2) is 79.4 Å². The van der Waals surface area contributed by atoms with Gasteiger partial charge in [-0.05, 0) is 49.7 Å². The van der Waals surface area contributed by atoms with Crippen LogP contribution < -0.4 is 9.64 Å². The number of nitrogens with zero attached hydrogens (tertiary/aromatic N) is 4. The molecule has 1 aliphatic heterocycles. The molecule has 34 heavy (non-hydrogen) atoms. The topological polar surface area (TPSA) is 86.2 Å². The van der Waals surface area contributed by atoms with Crippen LogP contribution in [0.2, 0.25) is 5.02 Å². The molecule has 0 spiro atoms. The third kappa shape index (κ3) is 5.99. The monoisotopic (exact) mass is 562 g/mol. The van der Waals surface area contributed by atoms with Gasteiger partial charge < -0.3 is 28.7 Å². The number of ether oxygens (including phenoxy) is 4. The molecule has 3 rings (SSSR count). The Morgan fingerprint density at radius 1 is 1.18 bits per heavy atom. The van der Waals surface area contributed by atoms with E-state index in [1.54, 1.807) is 17.9 Å². The lowest BCUT2D eigenvalue weighted by Crippen LogP contribution is -2.50. The van der Waals surface area contributed by atoms with Crippen LogP contribution in [0.1, 0.15) is 27.7 Å². The Bertz CT molecular complexity index is 1040. The zero-order valence-corrected chi connectivity index (χ0v) is 22.4. The van der Waals surface area contributed by atoms with Crippen molar-refractivity contribution >= 4 is 50.3 Å². The molecule has 0 N–H and O–H groups in total. The van der Waals surface area contributed by atoms with Crippen molar-refractivity contribution in [3.63, 3.8) is 0 Å². The molecule has 0 bridgehead atoms. The number of hydrogen-bond acceptors (Lipinski definition) is 8. The van der Waals surface area contributed by atoms with Crippen LogP contribution in [0.3, 0.4) is 0 Å². The maximum absolute atomic E-state index is 15.1. The third-order valence-electron chi connectivity index (χ3n) is 5.16. The Labute approximate surface area is 211 Å². The number of piperazine rings is 1. The van der Waals surface area contributed by atoms with Crippen molar-refractivity contribution in [1.82, 2.24) is 14.9 Å². The lowest BCUT2D eigenvalue weighted by atomic mass is 10.2. The quantitative estimate of drug-likeness (QED) is 0.372. The molecule has 1 atom stereocenters. The number of rotatable bonds is 6. The van der Waals surface area contributed by atoms with Crippen LogP contribution in [0.15, 0.2) is 10.5 Å². The summed E-state index contributed by atoms with van der Waals surface area (Å²) in [4.78, 5) is 24.9. The molecule has 1 aromatic carbocycles. The van der Waals surface area contributed by atoms with Crippen LogP contribution >= 0.6 is 27.5 Å². The number of hydrogen-bond donors (Lipinski definition) is 0. The lowest BCUT2D eigenvalue weighted by molar-refractivity contribution is -0.152. The molecule has 12 heteroatoms. The van der Waals surface area contributed by atoms with E-state index >= 15 is 4.39 Å². The number of methoxy groups -OCH3 is 2. The van der Waals surface area contributed by atoms with Crippen LogP contribution in [0.5, 0.6) is 6.01 Å². The summed E-state index contributed by atoms with van der Waals surface area (Å²) in [6, 6.07) is 1.58. The second-order valence-electron chi connectivity index (χ2n) is 8.83. The molecule has 1 amide bonds. The van der Waals surface area contributed by atoms with Gasteiger partial charge in [-0.15, -0.1) is 0 Å². The minimum atomic E-state index is -0.665. The van der Waals surface area contributed by atoms with Gasteiger partial charge in [0.2, 0.25) is 0 Å². The fourth-order valence-electron chi connectivity index (χ4n) is 3.56. The first-order chi connectivity index (χ1) is 15.9. The van der Waals surface area contributed by atoms with Crippen molar-refractivity contribution < 1.29 is 28.1 Å². The number of carbonyl (C=O) groups excluding carboxylic acids is 1. The molecule has 0 unspecified atom stereocenters. The van der Waals surface area contributed by atoms with Crippen molar-refractivity contribution in [1.29, 1.82) is 0 Å². The fourth-order valence-corrected chi connectivity index (χ4v) is 4.05. The average molecular weight is 564 g/mol. The summed E-state index contributed by atoms with van der Waals surface area (Å²) in [5.41, 5.74) is -0.520. The van der Waals surface area contributed by atoms with E-state index in [2.05, 4.69) is 25.9 Å². The standard InChI is InChI=1S/C22H29BrClFN4O5/c1-12(19(31-5)32-6)33-20-26-17-13(11-14(24)15(23)16(17)25)18(27-20)28-7-9-29(10-8-28)21(30)34-22(2,3)4/h11-12,19H,7-10H2,1-6H3/t12-/m1/s1. The van der Waals surface area contributed by atoms with Crippen molar-refractivity contribution in [3.8, 4) is 6.01 Å². The first-order valence-electron chi connectivity index (χ1n) is 10.8. The number of fused-ring (bicyclic) bond motifs is 1. The van der Waals surface area contributed by atoms with Gasteiger partial charge in [-0.2, -0.15) is 9.97 Å². The third-order valence-corrected chi connectivity index (χ3v) is 6.46. The molecule has 1 aromatic heterocycles. The van der Waals surface area contributed by atoms with E-state index < -0.39 is 23.8 Å². The first-order valence-corrected chi connectivity index (χ1v) is 11.9. The van der Waals surface area contributed by atoms with E-state index in [1.165, 1.54) is 14.2 Å². The summed E-state index contributed by atoms with van der Waals surface area (Å²) in [6.45, 7) is 8.94. The molecule has 2 aromatic rings. The van der Waals surface area contributed by atoms with Gasteiger partial charge >= 0.3 is 12.1 Å². The van der Waals surface area contributed by atoms with Crippen LogP contribution in [0.4, 0.5) is 15.0 Å². The predicted molar refractivity (Wildman–Crippen MR) is 130 cm³/mol. The number of aromatic nitrogens is 2. The maximum Gasteiger partial charge on any atom is 0.410 e. The summed E-state index contributed by atoms with van der Waals surface area (Å²) < 4.78 is 37.0. The molecule has 0 saturated carbocycles. The van der Waals surface area contributed by atoms with Crippen LogP contribution in [-0.2, 0) is 14.2 Å². The zero-order valence-electron chi connectivity index (χ0n) is 20.0. The molecule has 188 valence electrons. The molecule has 1 aliphatic rings. The zero-order chi connectivity index (χ0) is 25.2. The highest BCUT2D eigenvalue weighted by molar-refractivity contribution is 9.10. The SMILES string of the molecule is COC(OC)[C@@H](C)Oc1nc(N2CCN(C(=O)OC(C)(C)C)CC2)c2cc(Cl)c(Br)c(F)c2n1. The number of benzene rings is 1. The Kier molecular flexibility index (Phi) is 8.43. The van der Waals surface area contributed by atoms with Gasteiger partial charge in [0.15, 0.2) is 12.1 Å². The summed E-state index contributed by atoms with van der Waals surface area (Å²) in [5.74, 6) is -0.165. The van der Waals surface area contributed by atoms with E-state index in [0.29, 0.717) is 37.4 Å². The minimum Gasteiger partial charge on any atom is -0.455 e. The highest BCUT2D eigenvalue weighted by Crippen LogP contribution is 2.36. The largest absolute Gasteiger partial charge is 0.455 e. The van der Waals surface area contributed by atoms with Gasteiger partial charge in [-0.25, -0.2) is 9.18 Å². The van der Waals surface area contributed by atoms with E-state index in [0.717, 1.165) is 0 Å². The Hall–Kier alpha value is -1.95. The van der Waals surface area contributed by atoms with E-state index in [4.69, 9.17) is 30.5 Å². The van der Waals surface area contributed by atoms with Gasteiger partial charge in [-0.1, -0.05) is 11.6 Å². The van der Waals surface area contributed by atoms with Gasteiger partial charge in [-0.3, -0.25) is 0 Å². The van der Waals surface area contributed by atoms with Crippen molar-refractivity contribution in [2.75, 3.05) is 45.3 Å². The van der Waals surface area contributed by atoms with Gasteiger partial charge in [0.1, 0.15) is 23.0 Å². The summed E-state index contributed by atoms with van der Waals surface area (Å²) in [7, 11) is 2.98. The smallest absolute Gasteiger partial charge is 0.410 e. The van der Waals surface area contributed by atoms with E-state index in [1.807, 2.05) is 25.7 Å². The molecule has 1 saturated heterocycles. The van der Waals surface area contributed by atoms with Gasteiger partial charge in [0.05, 0.1) is 9.50 Å². The molecule has 0 radical (unpaired) electrons. The van der Waals surface area contributed by atoms with Crippen molar-refractivity contribution in [2.45, 2.75) is 45.7 Å². The Morgan fingerprint density at radius 3 is 2.35 bits per heavy atom. The predicted octanol–water partition coefficient (Wildman–Crippen LogP) is 4.63. The Balaban J connectivity index is 1.94. The highest BCUT2D eigenvalue weighted by atomic mass is 79.9.